The van der Waals surface area contributed by atoms with Crippen LogP contribution in [0, 0.1) is 0 Å². The minimum atomic E-state index is -5.01. The second-order valence-electron chi connectivity index (χ2n) is 9.33. The van der Waals surface area contributed by atoms with Crippen molar-refractivity contribution < 1.29 is 61.6 Å². The first-order chi connectivity index (χ1) is 18.3. The second-order valence-corrected chi connectivity index (χ2v) is 10.7. The number of benzene rings is 1. The van der Waals surface area contributed by atoms with E-state index in [1.807, 2.05) is 0 Å². The third-order valence-electron chi connectivity index (χ3n) is 6.00. The van der Waals surface area contributed by atoms with E-state index in [1.54, 1.807) is 0 Å². The molecule has 0 heterocycles. The monoisotopic (exact) mass is 572 g/mol. The molecule has 0 bridgehead atoms. The van der Waals surface area contributed by atoms with Gasteiger partial charge in [-0.3, -0.25) is 0 Å². The van der Waals surface area contributed by atoms with Crippen molar-refractivity contribution in [1.29, 1.82) is 0 Å². The van der Waals surface area contributed by atoms with Gasteiger partial charge in [-0.1, -0.05) is 69.9 Å². The molecule has 1 aromatic carbocycles. The van der Waals surface area contributed by atoms with Crippen LogP contribution in [0.25, 0.3) is 0 Å². The van der Waals surface area contributed by atoms with Crippen LogP contribution in [0.4, 0.5) is 0 Å². The Kier molecular flexibility index (Phi) is 22.4. The van der Waals surface area contributed by atoms with E-state index in [4.69, 9.17) is 9.47 Å². The summed E-state index contributed by atoms with van der Waals surface area (Å²) in [4.78, 5) is 24.7. The fraction of sp³-hybridized carbons (Fsp3) is 0.600. The molecular weight excluding hydrogens is 527 g/mol. The Morgan fingerprint density at radius 2 is 1.15 bits per heavy atom. The van der Waals surface area contributed by atoms with Gasteiger partial charge in [-0.2, -0.15) is 0 Å². The van der Waals surface area contributed by atoms with Gasteiger partial charge in [0.25, 0.3) is 0 Å². The number of carbonyl (C=O) groups excluding carboxylic acids is 2. The number of hydrogen-bond donors (Lipinski definition) is 0. The van der Waals surface area contributed by atoms with Crippen molar-refractivity contribution in [2.75, 3.05) is 13.2 Å². The number of hydrogen-bond acceptors (Lipinski definition) is 7. The van der Waals surface area contributed by atoms with Crippen LogP contribution in [0.5, 0.6) is 0 Å². The molecule has 0 radical (unpaired) electrons. The van der Waals surface area contributed by atoms with Crippen molar-refractivity contribution >= 4 is 22.1 Å². The summed E-state index contributed by atoms with van der Waals surface area (Å²) in [6.45, 7) is 4.51. The quantitative estimate of drug-likeness (QED) is 0.0700. The number of allylic oxidation sites excluding steroid dienone is 4. The van der Waals surface area contributed by atoms with Gasteiger partial charge in [0.2, 0.25) is 0 Å². The zero-order valence-electron chi connectivity index (χ0n) is 24.1. The number of rotatable bonds is 21. The van der Waals surface area contributed by atoms with Gasteiger partial charge in [0.1, 0.15) is 10.1 Å². The molecule has 0 atom stereocenters. The van der Waals surface area contributed by atoms with Gasteiger partial charge in [-0.25, -0.2) is 18.0 Å². The molecule has 0 unspecified atom stereocenters. The Balaban J connectivity index is 0.0000144. The standard InChI is InChI=1S/C30H46O7S.Na/c1-3-5-7-9-11-13-15-17-19-24-36-29(31)26-22-21-23-27(38(33,34)35)28(26)30(32)37-25-20-18-16-14-12-10-8-6-4-2;/h11-14,21-23H,3-10,15-20,24-25H2,1-2H3,(H,33,34,35);/q;+1/p-1/b13-11+,14-12+;. The molecule has 0 amide bonds. The molecule has 0 aliphatic carbocycles. The summed E-state index contributed by atoms with van der Waals surface area (Å²) in [5.41, 5.74) is -0.837. The number of carbonyl (C=O) groups is 2. The van der Waals surface area contributed by atoms with E-state index < -0.39 is 32.5 Å². The minimum Gasteiger partial charge on any atom is -0.744 e. The van der Waals surface area contributed by atoms with Gasteiger partial charge in [0.05, 0.1) is 29.2 Å². The Hall–Kier alpha value is -1.45. The first-order valence-corrected chi connectivity index (χ1v) is 15.5. The molecule has 1 aromatic rings. The van der Waals surface area contributed by atoms with E-state index in [0.717, 1.165) is 44.6 Å². The smallest absolute Gasteiger partial charge is 0.744 e. The first-order valence-electron chi connectivity index (χ1n) is 14.1. The molecular formula is C30H45NaO7S. The fourth-order valence-electron chi connectivity index (χ4n) is 3.82. The fourth-order valence-corrected chi connectivity index (χ4v) is 4.51. The largest absolute Gasteiger partial charge is 1.00 e. The van der Waals surface area contributed by atoms with Gasteiger partial charge < -0.3 is 14.0 Å². The van der Waals surface area contributed by atoms with E-state index in [2.05, 4.69) is 38.2 Å². The Labute approximate surface area is 257 Å². The summed E-state index contributed by atoms with van der Waals surface area (Å²) >= 11 is 0. The van der Waals surface area contributed by atoms with Gasteiger partial charge in [-0.05, 0) is 76.3 Å². The van der Waals surface area contributed by atoms with Crippen LogP contribution < -0.4 is 29.6 Å². The summed E-state index contributed by atoms with van der Waals surface area (Å²) < 4.78 is 45.9. The molecule has 0 saturated heterocycles. The van der Waals surface area contributed by atoms with Crippen molar-refractivity contribution in [3.63, 3.8) is 0 Å². The maximum absolute atomic E-state index is 12.8. The van der Waals surface area contributed by atoms with E-state index >= 15 is 0 Å². The first kappa shape index (κ1) is 37.6. The molecule has 0 spiro atoms. The van der Waals surface area contributed by atoms with E-state index in [-0.39, 0.29) is 48.3 Å². The zero-order chi connectivity index (χ0) is 28.1. The van der Waals surface area contributed by atoms with E-state index in [1.165, 1.54) is 50.7 Å². The van der Waals surface area contributed by atoms with Crippen LogP contribution in [0.15, 0.2) is 47.4 Å². The number of esters is 2. The summed E-state index contributed by atoms with van der Waals surface area (Å²) in [6.07, 6.45) is 22.4. The van der Waals surface area contributed by atoms with Crippen LogP contribution in [-0.4, -0.2) is 38.1 Å². The predicted octanol–water partition coefficient (Wildman–Crippen LogP) is 4.52. The molecule has 9 heteroatoms. The van der Waals surface area contributed by atoms with Crippen molar-refractivity contribution in [1.82, 2.24) is 0 Å². The van der Waals surface area contributed by atoms with Crippen molar-refractivity contribution in [2.45, 2.75) is 109 Å². The third-order valence-corrected chi connectivity index (χ3v) is 6.88. The van der Waals surface area contributed by atoms with Crippen LogP contribution in [0.2, 0.25) is 0 Å². The molecule has 7 nitrogen and oxygen atoms in total. The van der Waals surface area contributed by atoms with Crippen molar-refractivity contribution in [3.05, 3.63) is 53.6 Å². The third kappa shape index (κ3) is 17.1. The summed E-state index contributed by atoms with van der Waals surface area (Å²) in [6, 6.07) is 3.52. The topological polar surface area (TPSA) is 110 Å². The van der Waals surface area contributed by atoms with Crippen molar-refractivity contribution in [3.8, 4) is 0 Å². The molecule has 0 aliphatic rings. The second kappa shape index (κ2) is 23.3. The maximum Gasteiger partial charge on any atom is 1.00 e. The number of ether oxygens (including phenoxy) is 2. The molecule has 214 valence electrons. The Bertz CT molecular complexity index is 987. The summed E-state index contributed by atoms with van der Waals surface area (Å²) in [7, 11) is -5.01. The van der Waals surface area contributed by atoms with E-state index in [9.17, 15) is 22.6 Å². The maximum atomic E-state index is 12.8. The van der Waals surface area contributed by atoms with Gasteiger partial charge in [0, 0.05) is 0 Å². The van der Waals surface area contributed by atoms with Crippen LogP contribution in [0.1, 0.15) is 124 Å². The van der Waals surface area contributed by atoms with Crippen LogP contribution in [0.3, 0.4) is 0 Å². The van der Waals surface area contributed by atoms with Gasteiger partial charge >= 0.3 is 41.5 Å². The van der Waals surface area contributed by atoms with E-state index in [0.29, 0.717) is 12.8 Å². The minimum absolute atomic E-state index is 0. The van der Waals surface area contributed by atoms with Gasteiger partial charge in [0.15, 0.2) is 0 Å². The van der Waals surface area contributed by atoms with Crippen LogP contribution in [-0.2, 0) is 19.6 Å². The molecule has 0 aliphatic heterocycles. The zero-order valence-corrected chi connectivity index (χ0v) is 26.9. The molecule has 0 fully saturated rings. The molecule has 0 aromatic heterocycles. The molecule has 0 N–H and O–H groups in total. The average molecular weight is 573 g/mol. The molecule has 1 rings (SSSR count). The summed E-state index contributed by atoms with van der Waals surface area (Å²) in [5, 5.41) is 0. The van der Waals surface area contributed by atoms with Crippen molar-refractivity contribution in [2.24, 2.45) is 0 Å². The SMILES string of the molecule is CCCCC/C=C/CCCCOC(=O)c1cccc(S(=O)(=O)[O-])c1C(=O)OCCCC/C=C/CCCCC.[Na+]. The predicted molar refractivity (Wildman–Crippen MR) is 149 cm³/mol. The van der Waals surface area contributed by atoms with Crippen LogP contribution >= 0.6 is 0 Å². The molecule has 0 saturated carbocycles. The Morgan fingerprint density at radius 3 is 1.59 bits per heavy atom. The van der Waals surface area contributed by atoms with Gasteiger partial charge in [-0.15, -0.1) is 0 Å². The Morgan fingerprint density at radius 1 is 0.718 bits per heavy atom. The average Bonchev–Trinajstić information content (AvgIpc) is 2.89. The number of unbranched alkanes of at least 4 members (excludes halogenated alkanes) is 10. The molecule has 39 heavy (non-hydrogen) atoms. The normalized spacial score (nSPS) is 11.6. The summed E-state index contributed by atoms with van der Waals surface area (Å²) in [5.74, 6) is -1.87.